The molecule has 0 aromatic heterocycles. The molecule has 114 valence electrons. The molecule has 1 heterocycles. The van der Waals surface area contributed by atoms with Crippen molar-refractivity contribution < 1.29 is 4.74 Å². The number of ether oxygens (including phenoxy) is 1. The van der Waals surface area contributed by atoms with Gasteiger partial charge in [-0.15, -0.1) is 0 Å². The number of thiocarbonyl (C=S) groups is 1. The van der Waals surface area contributed by atoms with Crippen LogP contribution in [0.3, 0.4) is 0 Å². The van der Waals surface area contributed by atoms with Crippen molar-refractivity contribution in [2.24, 2.45) is 0 Å². The molecule has 0 spiro atoms. The van der Waals surface area contributed by atoms with Crippen LogP contribution in [-0.2, 0) is 4.74 Å². The average molecular weight is 398 g/mol. The summed E-state index contributed by atoms with van der Waals surface area (Å²) >= 11 is 15.0. The van der Waals surface area contributed by atoms with Crippen LogP contribution in [0.4, 0.5) is 5.69 Å². The molecular formula is C16H14BrClN2OS. The van der Waals surface area contributed by atoms with Gasteiger partial charge in [0.2, 0.25) is 0 Å². The summed E-state index contributed by atoms with van der Waals surface area (Å²) in [6, 6.07) is 15.6. The Bertz CT molecular complexity index is 697. The summed E-state index contributed by atoms with van der Waals surface area (Å²) in [4.78, 5) is 2.04. The summed E-state index contributed by atoms with van der Waals surface area (Å²) in [5, 5.41) is 4.52. The van der Waals surface area contributed by atoms with Gasteiger partial charge in [0.25, 0.3) is 0 Å². The fourth-order valence-electron chi connectivity index (χ4n) is 2.38. The third-order valence-corrected chi connectivity index (χ3v) is 4.43. The summed E-state index contributed by atoms with van der Waals surface area (Å²) in [7, 11) is 0. The molecule has 0 bridgehead atoms. The number of nitrogens with one attached hydrogen (secondary N) is 1. The molecule has 0 radical (unpaired) electrons. The molecule has 0 saturated carbocycles. The molecule has 1 saturated heterocycles. The Labute approximate surface area is 148 Å². The lowest BCUT2D eigenvalue weighted by atomic mass is 10.2. The van der Waals surface area contributed by atoms with E-state index in [1.807, 2.05) is 53.4 Å². The average Bonchev–Trinajstić information content (AvgIpc) is 2.97. The van der Waals surface area contributed by atoms with E-state index in [-0.39, 0.29) is 6.23 Å². The summed E-state index contributed by atoms with van der Waals surface area (Å²) < 4.78 is 6.86. The Morgan fingerprint density at radius 2 is 2.09 bits per heavy atom. The van der Waals surface area contributed by atoms with Crippen molar-refractivity contribution in [2.75, 3.05) is 18.5 Å². The monoisotopic (exact) mass is 396 g/mol. The van der Waals surface area contributed by atoms with E-state index >= 15 is 0 Å². The van der Waals surface area contributed by atoms with Gasteiger partial charge in [-0.05, 0) is 42.5 Å². The Morgan fingerprint density at radius 1 is 1.27 bits per heavy atom. The van der Waals surface area contributed by atoms with Crippen LogP contribution in [0.1, 0.15) is 11.8 Å². The number of nitrogens with zero attached hydrogens (tertiary/aromatic N) is 1. The topological polar surface area (TPSA) is 24.5 Å². The first kappa shape index (κ1) is 15.7. The highest BCUT2D eigenvalue weighted by Gasteiger charge is 2.29. The third kappa shape index (κ3) is 3.60. The van der Waals surface area contributed by atoms with Gasteiger partial charge in [-0.25, -0.2) is 0 Å². The molecule has 1 atom stereocenters. The first-order chi connectivity index (χ1) is 10.6. The quantitative estimate of drug-likeness (QED) is 0.734. The maximum atomic E-state index is 6.00. The van der Waals surface area contributed by atoms with Gasteiger partial charge in [-0.3, -0.25) is 0 Å². The predicted octanol–water partition coefficient (Wildman–Crippen LogP) is 4.83. The lowest BCUT2D eigenvalue weighted by Crippen LogP contribution is -2.34. The summed E-state index contributed by atoms with van der Waals surface area (Å²) in [6.45, 7) is 1.40. The lowest BCUT2D eigenvalue weighted by Gasteiger charge is -2.26. The fraction of sp³-hybridized carbons (Fsp3) is 0.188. The number of rotatable bonds is 2. The standard InChI is InChI=1S/C16H14BrClN2OS/c17-12-4-1-3-11(9-12)15-20(7-8-21-15)16(22)19-14-6-2-5-13(18)10-14/h1-6,9-10,15H,7-8H2,(H,19,22). The van der Waals surface area contributed by atoms with Crippen LogP contribution in [0, 0.1) is 0 Å². The SMILES string of the molecule is S=C(Nc1cccc(Cl)c1)N1CCOC1c1cccc(Br)c1. The Morgan fingerprint density at radius 3 is 2.86 bits per heavy atom. The molecule has 3 nitrogen and oxygen atoms in total. The first-order valence-electron chi connectivity index (χ1n) is 6.84. The summed E-state index contributed by atoms with van der Waals surface area (Å²) in [5.41, 5.74) is 1.94. The van der Waals surface area contributed by atoms with Crippen molar-refractivity contribution in [3.8, 4) is 0 Å². The molecule has 22 heavy (non-hydrogen) atoms. The predicted molar refractivity (Wildman–Crippen MR) is 97.2 cm³/mol. The second kappa shape index (κ2) is 6.96. The second-order valence-corrected chi connectivity index (χ2v) is 6.65. The lowest BCUT2D eigenvalue weighted by molar-refractivity contribution is 0.0642. The van der Waals surface area contributed by atoms with Crippen LogP contribution in [0.5, 0.6) is 0 Å². The van der Waals surface area contributed by atoms with E-state index in [1.165, 1.54) is 0 Å². The van der Waals surface area contributed by atoms with E-state index in [0.29, 0.717) is 16.7 Å². The molecule has 1 unspecified atom stereocenters. The van der Waals surface area contributed by atoms with Crippen LogP contribution in [0.15, 0.2) is 53.0 Å². The second-order valence-electron chi connectivity index (χ2n) is 4.91. The number of halogens is 2. The van der Waals surface area contributed by atoms with Gasteiger partial charge in [0, 0.05) is 27.3 Å². The molecule has 2 aromatic rings. The molecule has 1 aliphatic heterocycles. The Kier molecular flexibility index (Phi) is 4.98. The molecule has 1 N–H and O–H groups in total. The van der Waals surface area contributed by atoms with Crippen molar-refractivity contribution in [3.05, 3.63) is 63.6 Å². The van der Waals surface area contributed by atoms with E-state index in [2.05, 4.69) is 21.2 Å². The summed E-state index contributed by atoms with van der Waals surface area (Å²) in [5.74, 6) is 0. The Hall–Kier alpha value is -1.14. The van der Waals surface area contributed by atoms with E-state index in [0.717, 1.165) is 22.3 Å². The van der Waals surface area contributed by atoms with Crippen molar-refractivity contribution in [3.63, 3.8) is 0 Å². The maximum Gasteiger partial charge on any atom is 0.175 e. The molecule has 0 amide bonds. The van der Waals surface area contributed by atoms with Crippen molar-refractivity contribution in [1.82, 2.24) is 4.90 Å². The highest BCUT2D eigenvalue weighted by molar-refractivity contribution is 9.10. The van der Waals surface area contributed by atoms with Crippen molar-refractivity contribution in [1.29, 1.82) is 0 Å². The van der Waals surface area contributed by atoms with Crippen LogP contribution in [0.25, 0.3) is 0 Å². The van der Waals surface area contributed by atoms with Crippen LogP contribution in [0.2, 0.25) is 5.02 Å². The Balaban J connectivity index is 1.76. The van der Waals surface area contributed by atoms with Crippen LogP contribution < -0.4 is 5.32 Å². The van der Waals surface area contributed by atoms with Gasteiger partial charge < -0.3 is 15.0 Å². The molecular weight excluding hydrogens is 384 g/mol. The maximum absolute atomic E-state index is 6.00. The van der Waals surface area contributed by atoms with Gasteiger partial charge in [0.15, 0.2) is 11.3 Å². The summed E-state index contributed by atoms with van der Waals surface area (Å²) in [6.07, 6.45) is -0.170. The fourth-order valence-corrected chi connectivity index (χ4v) is 3.29. The minimum absolute atomic E-state index is 0.170. The normalized spacial score (nSPS) is 17.5. The van der Waals surface area contributed by atoms with Gasteiger partial charge in [0.05, 0.1) is 6.61 Å². The molecule has 0 aliphatic carbocycles. The number of benzene rings is 2. The zero-order valence-corrected chi connectivity index (χ0v) is 14.8. The van der Waals surface area contributed by atoms with E-state index < -0.39 is 0 Å². The minimum Gasteiger partial charge on any atom is -0.352 e. The zero-order chi connectivity index (χ0) is 15.5. The molecule has 1 fully saturated rings. The molecule has 1 aliphatic rings. The largest absolute Gasteiger partial charge is 0.352 e. The van der Waals surface area contributed by atoms with Crippen LogP contribution in [-0.4, -0.2) is 23.2 Å². The van der Waals surface area contributed by atoms with Gasteiger partial charge >= 0.3 is 0 Å². The number of hydrogen-bond donors (Lipinski definition) is 1. The first-order valence-corrected chi connectivity index (χ1v) is 8.42. The van der Waals surface area contributed by atoms with E-state index in [1.54, 1.807) is 0 Å². The van der Waals surface area contributed by atoms with Crippen molar-refractivity contribution >= 4 is 50.5 Å². The van der Waals surface area contributed by atoms with Gasteiger partial charge in [-0.1, -0.05) is 45.7 Å². The smallest absolute Gasteiger partial charge is 0.175 e. The van der Waals surface area contributed by atoms with Gasteiger partial charge in [-0.2, -0.15) is 0 Å². The highest BCUT2D eigenvalue weighted by Crippen LogP contribution is 2.29. The highest BCUT2D eigenvalue weighted by atomic mass is 79.9. The molecule has 2 aromatic carbocycles. The van der Waals surface area contributed by atoms with E-state index in [4.69, 9.17) is 28.6 Å². The molecule has 3 rings (SSSR count). The zero-order valence-electron chi connectivity index (χ0n) is 11.6. The molecule has 6 heteroatoms. The third-order valence-electron chi connectivity index (χ3n) is 3.36. The minimum atomic E-state index is -0.170. The van der Waals surface area contributed by atoms with Gasteiger partial charge in [0.1, 0.15) is 0 Å². The van der Waals surface area contributed by atoms with E-state index in [9.17, 15) is 0 Å². The van der Waals surface area contributed by atoms with Crippen LogP contribution >= 0.6 is 39.7 Å². The number of anilines is 1. The van der Waals surface area contributed by atoms with Crippen molar-refractivity contribution in [2.45, 2.75) is 6.23 Å². The number of hydrogen-bond acceptors (Lipinski definition) is 2.